The van der Waals surface area contributed by atoms with Gasteiger partial charge in [0.15, 0.2) is 0 Å². The van der Waals surface area contributed by atoms with Crippen LogP contribution in [-0.4, -0.2) is 66.4 Å². The van der Waals surface area contributed by atoms with Crippen LogP contribution in [0.25, 0.3) is 0 Å². The van der Waals surface area contributed by atoms with Crippen LogP contribution in [0.4, 0.5) is 5.82 Å². The van der Waals surface area contributed by atoms with Crippen LogP contribution in [0.5, 0.6) is 0 Å². The molecule has 0 radical (unpaired) electrons. The van der Waals surface area contributed by atoms with Gasteiger partial charge in [0.1, 0.15) is 12.0 Å². The van der Waals surface area contributed by atoms with Gasteiger partial charge in [0.05, 0.1) is 13.2 Å². The van der Waals surface area contributed by atoms with Crippen molar-refractivity contribution in [1.82, 2.24) is 14.8 Å². The van der Waals surface area contributed by atoms with Gasteiger partial charge in [-0.2, -0.15) is 0 Å². The van der Waals surface area contributed by atoms with Crippen molar-refractivity contribution in [3.05, 3.63) is 23.4 Å². The SMILES string of the molecule is Cc1cnc2c(c1)CCOC(N1CCCC(N3CCCCC3)CC1)CN2. The van der Waals surface area contributed by atoms with Crippen molar-refractivity contribution in [3.8, 4) is 0 Å². The van der Waals surface area contributed by atoms with Gasteiger partial charge in [-0.25, -0.2) is 4.98 Å². The van der Waals surface area contributed by atoms with Crippen LogP contribution in [0.1, 0.15) is 49.7 Å². The molecule has 4 rings (SSSR count). The number of fused-ring (bicyclic) bond motifs is 1. The summed E-state index contributed by atoms with van der Waals surface area (Å²) in [6.07, 6.45) is 11.2. The molecule has 0 spiro atoms. The van der Waals surface area contributed by atoms with Crippen LogP contribution < -0.4 is 5.32 Å². The van der Waals surface area contributed by atoms with Crippen LogP contribution in [0.3, 0.4) is 0 Å². The summed E-state index contributed by atoms with van der Waals surface area (Å²) in [5.41, 5.74) is 2.50. The Morgan fingerprint density at radius 2 is 1.88 bits per heavy atom. The maximum Gasteiger partial charge on any atom is 0.129 e. The minimum Gasteiger partial charge on any atom is -0.366 e. The molecule has 0 aromatic carbocycles. The molecule has 144 valence electrons. The summed E-state index contributed by atoms with van der Waals surface area (Å²) in [6.45, 7) is 8.66. The molecule has 2 atom stereocenters. The van der Waals surface area contributed by atoms with Gasteiger partial charge in [-0.3, -0.25) is 4.90 Å². The summed E-state index contributed by atoms with van der Waals surface area (Å²) in [6, 6.07) is 3.01. The molecule has 2 fully saturated rings. The molecule has 3 aliphatic heterocycles. The van der Waals surface area contributed by atoms with Crippen molar-refractivity contribution < 1.29 is 4.74 Å². The summed E-state index contributed by atoms with van der Waals surface area (Å²) in [7, 11) is 0. The van der Waals surface area contributed by atoms with Crippen LogP contribution in [0, 0.1) is 6.92 Å². The Balaban J connectivity index is 1.34. The lowest BCUT2D eigenvalue weighted by Gasteiger charge is -2.35. The van der Waals surface area contributed by atoms with Gasteiger partial charge < -0.3 is 15.0 Å². The topological polar surface area (TPSA) is 40.6 Å². The third kappa shape index (κ3) is 4.38. The average molecular weight is 359 g/mol. The highest BCUT2D eigenvalue weighted by Gasteiger charge is 2.28. The van der Waals surface area contributed by atoms with Crippen LogP contribution in [0.2, 0.25) is 0 Å². The molecule has 1 aromatic rings. The van der Waals surface area contributed by atoms with E-state index < -0.39 is 0 Å². The largest absolute Gasteiger partial charge is 0.366 e. The Morgan fingerprint density at radius 3 is 2.77 bits per heavy atom. The fourth-order valence-electron chi connectivity index (χ4n) is 4.80. The van der Waals surface area contributed by atoms with Gasteiger partial charge in [0.25, 0.3) is 0 Å². The third-order valence-corrected chi connectivity index (χ3v) is 6.28. The number of aryl methyl sites for hydroxylation is 1. The third-order valence-electron chi connectivity index (χ3n) is 6.28. The fraction of sp³-hybridized carbons (Fsp3) is 0.762. The average Bonchev–Trinajstić information content (AvgIpc) is 2.90. The number of anilines is 1. The molecule has 3 aliphatic rings. The number of piperidine rings is 1. The predicted molar refractivity (Wildman–Crippen MR) is 106 cm³/mol. The van der Waals surface area contributed by atoms with Gasteiger partial charge in [-0.05, 0) is 69.7 Å². The molecule has 0 amide bonds. The maximum absolute atomic E-state index is 6.28. The summed E-state index contributed by atoms with van der Waals surface area (Å²) in [5.74, 6) is 1.05. The molecule has 26 heavy (non-hydrogen) atoms. The number of hydrogen-bond acceptors (Lipinski definition) is 5. The molecule has 0 saturated carbocycles. The molecule has 2 saturated heterocycles. The zero-order valence-corrected chi connectivity index (χ0v) is 16.3. The number of rotatable bonds is 2. The lowest BCUT2D eigenvalue weighted by molar-refractivity contribution is -0.0500. The van der Waals surface area contributed by atoms with Crippen molar-refractivity contribution in [2.24, 2.45) is 0 Å². The van der Waals surface area contributed by atoms with E-state index >= 15 is 0 Å². The highest BCUT2D eigenvalue weighted by atomic mass is 16.5. The highest BCUT2D eigenvalue weighted by Crippen LogP contribution is 2.24. The van der Waals surface area contributed by atoms with Crippen molar-refractivity contribution >= 4 is 5.82 Å². The minimum absolute atomic E-state index is 0.173. The Morgan fingerprint density at radius 1 is 1.04 bits per heavy atom. The van der Waals surface area contributed by atoms with Crippen LogP contribution in [0.15, 0.2) is 12.3 Å². The van der Waals surface area contributed by atoms with E-state index in [-0.39, 0.29) is 6.23 Å². The number of pyridine rings is 1. The lowest BCUT2D eigenvalue weighted by Crippen LogP contribution is -2.45. The maximum atomic E-state index is 6.28. The summed E-state index contributed by atoms with van der Waals surface area (Å²) < 4.78 is 6.28. The van der Waals surface area contributed by atoms with E-state index in [1.165, 1.54) is 62.7 Å². The van der Waals surface area contributed by atoms with E-state index in [9.17, 15) is 0 Å². The lowest BCUT2D eigenvalue weighted by atomic mass is 10.0. The monoisotopic (exact) mass is 358 g/mol. The molecule has 5 heteroatoms. The molecule has 2 unspecified atom stereocenters. The predicted octanol–water partition coefficient (Wildman–Crippen LogP) is 3.04. The molecule has 1 N–H and O–H groups in total. The molecular formula is C21H34N4O. The molecular weight excluding hydrogens is 324 g/mol. The van der Waals surface area contributed by atoms with Gasteiger partial charge in [0, 0.05) is 25.3 Å². The summed E-state index contributed by atoms with van der Waals surface area (Å²) >= 11 is 0. The van der Waals surface area contributed by atoms with Gasteiger partial charge in [-0.15, -0.1) is 0 Å². The van der Waals surface area contributed by atoms with Crippen molar-refractivity contribution in [2.45, 2.75) is 64.1 Å². The smallest absolute Gasteiger partial charge is 0.129 e. The number of aromatic nitrogens is 1. The number of ether oxygens (including phenoxy) is 1. The van der Waals surface area contributed by atoms with E-state index in [1.54, 1.807) is 0 Å². The standard InChI is InChI=1S/C21H34N4O/c1-17-14-18-8-13-26-20(16-23-21(18)22-15-17)25-11-5-6-19(7-12-25)24-9-3-2-4-10-24/h14-15,19-20H,2-13,16H2,1H3,(H,22,23). The van der Waals surface area contributed by atoms with E-state index in [4.69, 9.17) is 4.74 Å². The second-order valence-corrected chi connectivity index (χ2v) is 8.19. The van der Waals surface area contributed by atoms with E-state index in [2.05, 4.69) is 33.1 Å². The van der Waals surface area contributed by atoms with Crippen molar-refractivity contribution in [1.29, 1.82) is 0 Å². The summed E-state index contributed by atoms with van der Waals surface area (Å²) in [4.78, 5) is 9.92. The van der Waals surface area contributed by atoms with Crippen molar-refractivity contribution in [3.63, 3.8) is 0 Å². The van der Waals surface area contributed by atoms with Gasteiger partial charge in [-0.1, -0.05) is 12.5 Å². The number of hydrogen-bond donors (Lipinski definition) is 1. The quantitative estimate of drug-likeness (QED) is 0.880. The molecule has 1 aromatic heterocycles. The van der Waals surface area contributed by atoms with E-state index in [0.29, 0.717) is 0 Å². The van der Waals surface area contributed by atoms with Gasteiger partial charge >= 0.3 is 0 Å². The first kappa shape index (κ1) is 18.2. The first-order chi connectivity index (χ1) is 12.8. The zero-order valence-electron chi connectivity index (χ0n) is 16.3. The fourth-order valence-corrected chi connectivity index (χ4v) is 4.80. The summed E-state index contributed by atoms with van der Waals surface area (Å²) in [5, 5.41) is 3.55. The molecule has 5 nitrogen and oxygen atoms in total. The number of nitrogens with zero attached hydrogens (tertiary/aromatic N) is 3. The van der Waals surface area contributed by atoms with E-state index in [1.807, 2.05) is 6.20 Å². The Kier molecular flexibility index (Phi) is 6.08. The van der Waals surface area contributed by atoms with E-state index in [0.717, 1.165) is 44.5 Å². The zero-order chi connectivity index (χ0) is 17.8. The van der Waals surface area contributed by atoms with Crippen molar-refractivity contribution in [2.75, 3.05) is 44.6 Å². The number of nitrogens with one attached hydrogen (secondary N) is 1. The normalized spacial score (nSPS) is 29.1. The Bertz CT molecular complexity index is 587. The molecule has 4 heterocycles. The second kappa shape index (κ2) is 8.68. The van der Waals surface area contributed by atoms with Crippen LogP contribution >= 0.6 is 0 Å². The molecule has 0 bridgehead atoms. The highest BCUT2D eigenvalue weighted by molar-refractivity contribution is 5.45. The first-order valence-corrected chi connectivity index (χ1v) is 10.6. The Hall–Kier alpha value is -1.17. The first-order valence-electron chi connectivity index (χ1n) is 10.6. The van der Waals surface area contributed by atoms with Gasteiger partial charge in [0.2, 0.25) is 0 Å². The Labute approximate surface area is 158 Å². The number of likely N-dealkylation sites (tertiary alicyclic amines) is 2. The van der Waals surface area contributed by atoms with Crippen LogP contribution in [-0.2, 0) is 11.2 Å². The second-order valence-electron chi connectivity index (χ2n) is 8.19. The minimum atomic E-state index is 0.173. The molecule has 0 aliphatic carbocycles.